The van der Waals surface area contributed by atoms with Crippen molar-refractivity contribution < 1.29 is 18.8 Å². The zero-order chi connectivity index (χ0) is 20.8. The van der Waals surface area contributed by atoms with Crippen molar-refractivity contribution in [2.24, 2.45) is 0 Å². The number of ether oxygens (including phenoxy) is 1. The van der Waals surface area contributed by atoms with Gasteiger partial charge in [-0.05, 0) is 23.8 Å². The van der Waals surface area contributed by atoms with Gasteiger partial charge in [0.15, 0.2) is 0 Å². The predicted molar refractivity (Wildman–Crippen MR) is 107 cm³/mol. The second-order valence-corrected chi connectivity index (χ2v) is 6.66. The Morgan fingerprint density at radius 1 is 1.24 bits per heavy atom. The number of hydrogen-bond donors (Lipinski definition) is 2. The molecule has 2 aromatic carbocycles. The number of anilines is 1. The Bertz CT molecular complexity index is 869. The summed E-state index contributed by atoms with van der Waals surface area (Å²) in [6.07, 6.45) is 0. The van der Waals surface area contributed by atoms with Crippen LogP contribution in [0.5, 0.6) is 0 Å². The van der Waals surface area contributed by atoms with E-state index in [-0.39, 0.29) is 23.1 Å². The number of carbonyl (C=O) groups excluding carboxylic acids is 1. The van der Waals surface area contributed by atoms with Gasteiger partial charge in [-0.3, -0.25) is 19.8 Å². The molecule has 8 nitrogen and oxygen atoms in total. The molecule has 29 heavy (non-hydrogen) atoms. The zero-order valence-electron chi connectivity index (χ0n) is 16.1. The summed E-state index contributed by atoms with van der Waals surface area (Å²) in [5.74, 6) is -0.722. The van der Waals surface area contributed by atoms with E-state index >= 15 is 0 Å². The number of rotatable bonds is 7. The van der Waals surface area contributed by atoms with Gasteiger partial charge in [0.25, 0.3) is 11.6 Å². The van der Waals surface area contributed by atoms with E-state index in [9.17, 15) is 19.3 Å². The van der Waals surface area contributed by atoms with Crippen molar-refractivity contribution in [2.45, 2.75) is 6.04 Å². The lowest BCUT2D eigenvalue weighted by molar-refractivity contribution is -0.384. The third-order valence-corrected chi connectivity index (χ3v) is 4.91. The van der Waals surface area contributed by atoms with Gasteiger partial charge in [0, 0.05) is 44.5 Å². The van der Waals surface area contributed by atoms with E-state index in [2.05, 4.69) is 15.5 Å². The molecule has 9 heteroatoms. The quantitative estimate of drug-likeness (QED) is 0.546. The molecule has 1 atom stereocenters. The SMILES string of the molecule is CNC(=O)c1cc([N+](=O)[O-])ccc1NCC(c1ccc(F)cc1)N1CCOCC1. The lowest BCUT2D eigenvalue weighted by Gasteiger charge is -2.35. The number of morpholine rings is 1. The maximum atomic E-state index is 13.4. The van der Waals surface area contributed by atoms with Crippen LogP contribution in [0.3, 0.4) is 0 Å². The molecule has 1 unspecified atom stereocenters. The predicted octanol–water partition coefficient (Wildman–Crippen LogP) is 2.58. The summed E-state index contributed by atoms with van der Waals surface area (Å²) in [7, 11) is 1.47. The van der Waals surface area contributed by atoms with Crippen LogP contribution in [0, 0.1) is 15.9 Å². The summed E-state index contributed by atoms with van der Waals surface area (Å²) >= 11 is 0. The van der Waals surface area contributed by atoms with Crippen LogP contribution in [0.25, 0.3) is 0 Å². The molecule has 1 fully saturated rings. The number of nitrogens with one attached hydrogen (secondary N) is 2. The molecule has 0 bridgehead atoms. The first-order valence-electron chi connectivity index (χ1n) is 9.31. The van der Waals surface area contributed by atoms with Crippen LogP contribution in [0.1, 0.15) is 22.0 Å². The molecule has 0 saturated carbocycles. The highest BCUT2D eigenvalue weighted by Crippen LogP contribution is 2.26. The van der Waals surface area contributed by atoms with E-state index in [1.165, 1.54) is 37.4 Å². The van der Waals surface area contributed by atoms with E-state index in [4.69, 9.17) is 4.74 Å². The number of benzene rings is 2. The summed E-state index contributed by atoms with van der Waals surface area (Å²) in [5, 5.41) is 16.8. The molecule has 0 aliphatic carbocycles. The van der Waals surface area contributed by atoms with Crippen molar-refractivity contribution in [2.75, 3.05) is 45.2 Å². The van der Waals surface area contributed by atoms with E-state index in [1.807, 2.05) is 0 Å². The Hall–Kier alpha value is -3.04. The Morgan fingerprint density at radius 2 is 1.93 bits per heavy atom. The number of nitro groups is 1. The number of halogens is 1. The van der Waals surface area contributed by atoms with Gasteiger partial charge in [-0.1, -0.05) is 12.1 Å². The molecule has 2 aromatic rings. The van der Waals surface area contributed by atoms with Gasteiger partial charge in [0.2, 0.25) is 0 Å². The van der Waals surface area contributed by atoms with Gasteiger partial charge in [-0.2, -0.15) is 0 Å². The molecule has 1 saturated heterocycles. The summed E-state index contributed by atoms with van der Waals surface area (Å²) in [6, 6.07) is 10.4. The highest BCUT2D eigenvalue weighted by atomic mass is 19.1. The average molecular weight is 402 g/mol. The monoisotopic (exact) mass is 402 g/mol. The minimum atomic E-state index is -0.536. The number of carbonyl (C=O) groups is 1. The van der Waals surface area contributed by atoms with Crippen molar-refractivity contribution in [3.8, 4) is 0 Å². The third-order valence-electron chi connectivity index (χ3n) is 4.91. The second kappa shape index (κ2) is 9.44. The molecular weight excluding hydrogens is 379 g/mol. The van der Waals surface area contributed by atoms with E-state index in [0.29, 0.717) is 25.4 Å². The standard InChI is InChI=1S/C20H23FN4O4/c1-22-20(26)17-12-16(25(27)28)6-7-18(17)23-13-19(24-8-10-29-11-9-24)14-2-4-15(21)5-3-14/h2-7,12,19,23H,8-11,13H2,1H3,(H,22,26). The molecule has 154 valence electrons. The molecule has 3 rings (SSSR count). The van der Waals surface area contributed by atoms with Crippen molar-refractivity contribution in [1.29, 1.82) is 0 Å². The molecule has 0 radical (unpaired) electrons. The normalized spacial score (nSPS) is 15.5. The van der Waals surface area contributed by atoms with Gasteiger partial charge < -0.3 is 15.4 Å². The number of nitro benzene ring substituents is 1. The lowest BCUT2D eigenvalue weighted by Crippen LogP contribution is -2.41. The Labute approximate surface area is 167 Å². The van der Waals surface area contributed by atoms with Crippen LogP contribution in [0.15, 0.2) is 42.5 Å². The average Bonchev–Trinajstić information content (AvgIpc) is 2.75. The number of non-ortho nitro benzene ring substituents is 1. The lowest BCUT2D eigenvalue weighted by atomic mass is 10.0. The van der Waals surface area contributed by atoms with Crippen LogP contribution in [-0.2, 0) is 4.74 Å². The summed E-state index contributed by atoms with van der Waals surface area (Å²) in [5.41, 5.74) is 1.47. The fourth-order valence-corrected chi connectivity index (χ4v) is 3.36. The van der Waals surface area contributed by atoms with Crippen molar-refractivity contribution in [1.82, 2.24) is 10.2 Å². The summed E-state index contributed by atoms with van der Waals surface area (Å²) in [4.78, 5) is 25.0. The molecule has 1 amide bonds. The molecule has 2 N–H and O–H groups in total. The fraction of sp³-hybridized carbons (Fsp3) is 0.350. The minimum Gasteiger partial charge on any atom is -0.382 e. The first kappa shape index (κ1) is 20.7. The molecule has 0 aromatic heterocycles. The van der Waals surface area contributed by atoms with Crippen LogP contribution >= 0.6 is 0 Å². The second-order valence-electron chi connectivity index (χ2n) is 6.66. The van der Waals surface area contributed by atoms with Gasteiger partial charge >= 0.3 is 0 Å². The smallest absolute Gasteiger partial charge is 0.270 e. The minimum absolute atomic E-state index is 0.0766. The molecule has 1 aliphatic rings. The van der Waals surface area contributed by atoms with Crippen LogP contribution in [0.2, 0.25) is 0 Å². The fourth-order valence-electron chi connectivity index (χ4n) is 3.36. The van der Waals surface area contributed by atoms with E-state index in [0.717, 1.165) is 18.7 Å². The topological polar surface area (TPSA) is 96.7 Å². The summed E-state index contributed by atoms with van der Waals surface area (Å²) in [6.45, 7) is 3.11. The third kappa shape index (κ3) is 5.07. The maximum absolute atomic E-state index is 13.4. The summed E-state index contributed by atoms with van der Waals surface area (Å²) < 4.78 is 18.8. The van der Waals surface area contributed by atoms with Gasteiger partial charge in [0.1, 0.15) is 5.82 Å². The van der Waals surface area contributed by atoms with Crippen LogP contribution < -0.4 is 10.6 Å². The molecular formula is C20H23FN4O4. The van der Waals surface area contributed by atoms with Crippen molar-refractivity contribution in [3.05, 3.63) is 69.5 Å². The van der Waals surface area contributed by atoms with Gasteiger partial charge in [0.05, 0.1) is 29.7 Å². The number of hydrogen-bond acceptors (Lipinski definition) is 6. The van der Waals surface area contributed by atoms with Crippen LogP contribution in [-0.4, -0.2) is 55.6 Å². The first-order chi connectivity index (χ1) is 14.0. The highest BCUT2D eigenvalue weighted by Gasteiger charge is 2.24. The molecule has 0 spiro atoms. The zero-order valence-corrected chi connectivity index (χ0v) is 16.1. The van der Waals surface area contributed by atoms with Gasteiger partial charge in [-0.25, -0.2) is 4.39 Å². The Morgan fingerprint density at radius 3 is 2.55 bits per heavy atom. The van der Waals surface area contributed by atoms with E-state index < -0.39 is 10.8 Å². The van der Waals surface area contributed by atoms with E-state index in [1.54, 1.807) is 12.1 Å². The molecule has 1 heterocycles. The number of nitrogens with zero attached hydrogens (tertiary/aromatic N) is 2. The molecule has 1 aliphatic heterocycles. The van der Waals surface area contributed by atoms with Crippen LogP contribution in [0.4, 0.5) is 15.8 Å². The maximum Gasteiger partial charge on any atom is 0.270 e. The first-order valence-corrected chi connectivity index (χ1v) is 9.31. The highest BCUT2D eigenvalue weighted by molar-refractivity contribution is 6.00. The Balaban J connectivity index is 1.85. The van der Waals surface area contributed by atoms with Crippen molar-refractivity contribution >= 4 is 17.3 Å². The number of amides is 1. The van der Waals surface area contributed by atoms with Crippen molar-refractivity contribution in [3.63, 3.8) is 0 Å². The van der Waals surface area contributed by atoms with Gasteiger partial charge in [-0.15, -0.1) is 0 Å². The largest absolute Gasteiger partial charge is 0.382 e. The Kier molecular flexibility index (Phi) is 6.73.